The van der Waals surface area contributed by atoms with Crippen molar-refractivity contribution in [3.63, 3.8) is 0 Å². The molecule has 1 aliphatic carbocycles. The van der Waals surface area contributed by atoms with Gasteiger partial charge in [0.2, 0.25) is 11.8 Å². The summed E-state index contributed by atoms with van der Waals surface area (Å²) in [5, 5.41) is 14.5. The summed E-state index contributed by atoms with van der Waals surface area (Å²) < 4.78 is 0. The van der Waals surface area contributed by atoms with Gasteiger partial charge in [0.1, 0.15) is 0 Å². The normalized spacial score (nSPS) is 15.9. The summed E-state index contributed by atoms with van der Waals surface area (Å²) in [6.07, 6.45) is 5.98. The molecule has 21 heavy (non-hydrogen) atoms. The van der Waals surface area contributed by atoms with Gasteiger partial charge in [-0.3, -0.25) is 14.4 Å². The van der Waals surface area contributed by atoms with Crippen LogP contribution in [0, 0.1) is 5.41 Å². The lowest BCUT2D eigenvalue weighted by Crippen LogP contribution is -2.43. The van der Waals surface area contributed by atoms with E-state index in [0.717, 1.165) is 38.5 Å². The lowest BCUT2D eigenvalue weighted by molar-refractivity contribution is -0.141. The molecular weight excluding hydrogens is 272 g/mol. The summed E-state index contributed by atoms with van der Waals surface area (Å²) in [5.74, 6) is -0.829. The van der Waals surface area contributed by atoms with Gasteiger partial charge in [-0.05, 0) is 31.1 Å². The number of nitrogens with one attached hydrogen (secondary N) is 2. The Labute approximate surface area is 125 Å². The molecule has 6 nitrogen and oxygen atoms in total. The van der Waals surface area contributed by atoms with Gasteiger partial charge in [0, 0.05) is 26.4 Å². The number of hydrogen-bond donors (Lipinski definition) is 3. The molecule has 0 aromatic heterocycles. The van der Waals surface area contributed by atoms with Crippen molar-refractivity contribution in [1.82, 2.24) is 10.6 Å². The van der Waals surface area contributed by atoms with Crippen molar-refractivity contribution < 1.29 is 19.5 Å². The highest BCUT2D eigenvalue weighted by molar-refractivity contribution is 5.76. The van der Waals surface area contributed by atoms with E-state index in [2.05, 4.69) is 10.6 Å². The maximum absolute atomic E-state index is 11.7. The van der Waals surface area contributed by atoms with Crippen molar-refractivity contribution in [1.29, 1.82) is 0 Å². The van der Waals surface area contributed by atoms with E-state index in [1.165, 1.54) is 6.92 Å². The SMILES string of the molecule is CC(=O)NCCCCCC(=O)NCC1(CC(=O)O)CCC1. The Morgan fingerprint density at radius 1 is 1.10 bits per heavy atom. The van der Waals surface area contributed by atoms with E-state index in [0.29, 0.717) is 19.5 Å². The zero-order chi connectivity index (χ0) is 15.7. The van der Waals surface area contributed by atoms with E-state index in [9.17, 15) is 14.4 Å². The number of unbranched alkanes of at least 4 members (excludes halogenated alkanes) is 2. The molecule has 0 aliphatic heterocycles. The third kappa shape index (κ3) is 7.11. The van der Waals surface area contributed by atoms with Gasteiger partial charge >= 0.3 is 5.97 Å². The van der Waals surface area contributed by atoms with Crippen LogP contribution in [-0.2, 0) is 14.4 Å². The molecule has 0 saturated heterocycles. The zero-order valence-electron chi connectivity index (χ0n) is 12.7. The van der Waals surface area contributed by atoms with Crippen molar-refractivity contribution >= 4 is 17.8 Å². The molecule has 1 saturated carbocycles. The van der Waals surface area contributed by atoms with Crippen molar-refractivity contribution in [3.8, 4) is 0 Å². The van der Waals surface area contributed by atoms with Crippen LogP contribution in [0.1, 0.15) is 58.3 Å². The molecule has 0 spiro atoms. The summed E-state index contributed by atoms with van der Waals surface area (Å²) in [6.45, 7) is 2.61. The fourth-order valence-corrected chi connectivity index (χ4v) is 2.64. The van der Waals surface area contributed by atoms with Crippen molar-refractivity contribution in [3.05, 3.63) is 0 Å². The quantitative estimate of drug-likeness (QED) is 0.532. The molecule has 0 bridgehead atoms. The lowest BCUT2D eigenvalue weighted by atomic mass is 9.66. The highest BCUT2D eigenvalue weighted by atomic mass is 16.4. The molecule has 2 amide bonds. The summed E-state index contributed by atoms with van der Waals surface area (Å²) in [4.78, 5) is 33.2. The van der Waals surface area contributed by atoms with Crippen LogP contribution in [-0.4, -0.2) is 36.0 Å². The fraction of sp³-hybridized carbons (Fsp3) is 0.800. The Kier molecular flexibility index (Phi) is 7.19. The first-order valence-electron chi connectivity index (χ1n) is 7.66. The van der Waals surface area contributed by atoms with Crippen molar-refractivity contribution in [2.45, 2.75) is 58.3 Å². The second kappa shape index (κ2) is 8.64. The molecule has 0 radical (unpaired) electrons. The largest absolute Gasteiger partial charge is 0.481 e. The van der Waals surface area contributed by atoms with Crippen LogP contribution in [0.4, 0.5) is 0 Å². The third-order valence-corrected chi connectivity index (χ3v) is 4.06. The maximum atomic E-state index is 11.7. The Bertz CT molecular complexity index is 378. The number of carbonyl (C=O) groups excluding carboxylic acids is 2. The van der Waals surface area contributed by atoms with Gasteiger partial charge in [-0.15, -0.1) is 0 Å². The third-order valence-electron chi connectivity index (χ3n) is 4.06. The molecule has 1 aliphatic rings. The van der Waals surface area contributed by atoms with Gasteiger partial charge in [-0.2, -0.15) is 0 Å². The molecule has 1 fully saturated rings. The smallest absolute Gasteiger partial charge is 0.303 e. The molecule has 0 unspecified atom stereocenters. The molecule has 0 atom stereocenters. The Morgan fingerprint density at radius 3 is 2.33 bits per heavy atom. The molecule has 0 aromatic rings. The van der Waals surface area contributed by atoms with E-state index in [1.807, 2.05) is 0 Å². The molecule has 0 aromatic carbocycles. The first kappa shape index (κ1) is 17.5. The van der Waals surface area contributed by atoms with E-state index in [-0.39, 0.29) is 23.7 Å². The van der Waals surface area contributed by atoms with Crippen LogP contribution in [0.2, 0.25) is 0 Å². The summed E-state index contributed by atoms with van der Waals surface area (Å²) in [5.41, 5.74) is -0.215. The van der Waals surface area contributed by atoms with Crippen LogP contribution in [0.25, 0.3) is 0 Å². The second-order valence-electron chi connectivity index (χ2n) is 5.99. The maximum Gasteiger partial charge on any atom is 0.303 e. The average molecular weight is 298 g/mol. The highest BCUT2D eigenvalue weighted by Crippen LogP contribution is 2.43. The van der Waals surface area contributed by atoms with Gasteiger partial charge in [0.25, 0.3) is 0 Å². The van der Waals surface area contributed by atoms with Crippen LogP contribution >= 0.6 is 0 Å². The van der Waals surface area contributed by atoms with E-state index in [4.69, 9.17) is 5.11 Å². The minimum Gasteiger partial charge on any atom is -0.481 e. The van der Waals surface area contributed by atoms with Crippen LogP contribution in [0.15, 0.2) is 0 Å². The number of carboxylic acid groups (broad SMARTS) is 1. The van der Waals surface area contributed by atoms with Gasteiger partial charge < -0.3 is 15.7 Å². The van der Waals surface area contributed by atoms with E-state index >= 15 is 0 Å². The average Bonchev–Trinajstić information content (AvgIpc) is 2.36. The molecule has 3 N–H and O–H groups in total. The second-order valence-corrected chi connectivity index (χ2v) is 5.99. The van der Waals surface area contributed by atoms with Crippen LogP contribution in [0.3, 0.4) is 0 Å². The summed E-state index contributed by atoms with van der Waals surface area (Å²) >= 11 is 0. The topological polar surface area (TPSA) is 95.5 Å². The standard InChI is InChI=1S/C15H26N2O4/c1-12(18)16-9-4-2-3-6-13(19)17-11-15(7-5-8-15)10-14(20)21/h2-11H2,1H3,(H,16,18)(H,17,19)(H,20,21). The minimum atomic E-state index is -0.790. The predicted molar refractivity (Wildman–Crippen MR) is 78.7 cm³/mol. The highest BCUT2D eigenvalue weighted by Gasteiger charge is 2.39. The molecule has 0 heterocycles. The monoisotopic (exact) mass is 298 g/mol. The predicted octanol–water partition coefficient (Wildman–Crippen LogP) is 1.44. The lowest BCUT2D eigenvalue weighted by Gasteiger charge is -2.40. The molecule has 6 heteroatoms. The first-order chi connectivity index (χ1) is 9.93. The van der Waals surface area contributed by atoms with E-state index < -0.39 is 5.97 Å². The Hall–Kier alpha value is -1.59. The first-order valence-corrected chi connectivity index (χ1v) is 7.66. The number of amides is 2. The van der Waals surface area contributed by atoms with Gasteiger partial charge in [-0.1, -0.05) is 12.8 Å². The minimum absolute atomic E-state index is 0.00816. The number of carbonyl (C=O) groups is 3. The Morgan fingerprint density at radius 2 is 1.81 bits per heavy atom. The van der Waals surface area contributed by atoms with Crippen molar-refractivity contribution in [2.24, 2.45) is 5.41 Å². The van der Waals surface area contributed by atoms with E-state index in [1.54, 1.807) is 0 Å². The molecule has 120 valence electrons. The van der Waals surface area contributed by atoms with Crippen LogP contribution < -0.4 is 10.6 Å². The molecular formula is C15H26N2O4. The Balaban J connectivity index is 2.08. The molecule has 1 rings (SSSR count). The summed E-state index contributed by atoms with van der Waals surface area (Å²) in [6, 6.07) is 0. The van der Waals surface area contributed by atoms with Gasteiger partial charge in [-0.25, -0.2) is 0 Å². The van der Waals surface area contributed by atoms with Crippen LogP contribution in [0.5, 0.6) is 0 Å². The fourth-order valence-electron chi connectivity index (χ4n) is 2.64. The van der Waals surface area contributed by atoms with Gasteiger partial charge in [0.05, 0.1) is 6.42 Å². The van der Waals surface area contributed by atoms with Crippen molar-refractivity contribution in [2.75, 3.05) is 13.1 Å². The van der Waals surface area contributed by atoms with Gasteiger partial charge in [0.15, 0.2) is 0 Å². The number of aliphatic carboxylic acids is 1. The zero-order valence-corrected chi connectivity index (χ0v) is 12.7. The number of carboxylic acids is 1. The summed E-state index contributed by atoms with van der Waals surface area (Å²) in [7, 11) is 0. The number of hydrogen-bond acceptors (Lipinski definition) is 3. The number of rotatable bonds is 10.